The second-order valence-electron chi connectivity index (χ2n) is 3.08. The van der Waals surface area contributed by atoms with E-state index in [1.807, 2.05) is 0 Å². The van der Waals surface area contributed by atoms with Gasteiger partial charge in [-0.25, -0.2) is 4.39 Å². The zero-order valence-corrected chi connectivity index (χ0v) is 7.96. The Bertz CT molecular complexity index is 434. The standard InChI is InChI=1S/C9H8FNO5/c10-7-2-1-5(11(15)16)3-6(7)8(12)4-9(13)14/h1-3,8,12H,4H2,(H,13,14). The largest absolute Gasteiger partial charge is 0.481 e. The van der Waals surface area contributed by atoms with Gasteiger partial charge in [-0.2, -0.15) is 0 Å². The number of nitro groups is 1. The Hall–Kier alpha value is -2.02. The van der Waals surface area contributed by atoms with Gasteiger partial charge < -0.3 is 10.2 Å². The summed E-state index contributed by atoms with van der Waals surface area (Å²) in [5.74, 6) is -2.20. The van der Waals surface area contributed by atoms with E-state index in [0.717, 1.165) is 18.2 Å². The number of carbonyl (C=O) groups is 1. The molecule has 0 amide bonds. The number of hydrogen-bond acceptors (Lipinski definition) is 4. The number of non-ortho nitro benzene ring substituents is 1. The molecule has 0 aliphatic heterocycles. The number of carboxylic acids is 1. The fourth-order valence-corrected chi connectivity index (χ4v) is 1.18. The highest BCUT2D eigenvalue weighted by atomic mass is 19.1. The van der Waals surface area contributed by atoms with Gasteiger partial charge in [-0.05, 0) is 6.07 Å². The third-order valence-corrected chi connectivity index (χ3v) is 1.92. The fraction of sp³-hybridized carbons (Fsp3) is 0.222. The van der Waals surface area contributed by atoms with E-state index >= 15 is 0 Å². The summed E-state index contributed by atoms with van der Waals surface area (Å²) >= 11 is 0. The van der Waals surface area contributed by atoms with Gasteiger partial charge in [0.1, 0.15) is 5.82 Å². The van der Waals surface area contributed by atoms with Crippen LogP contribution in [-0.2, 0) is 4.79 Å². The maximum atomic E-state index is 13.2. The molecular weight excluding hydrogens is 221 g/mol. The Morgan fingerprint density at radius 1 is 1.56 bits per heavy atom. The summed E-state index contributed by atoms with van der Waals surface area (Å²) in [5, 5.41) is 28.1. The highest BCUT2D eigenvalue weighted by Gasteiger charge is 2.19. The molecule has 0 bridgehead atoms. The molecule has 0 fully saturated rings. The van der Waals surface area contributed by atoms with Gasteiger partial charge in [0.25, 0.3) is 5.69 Å². The smallest absolute Gasteiger partial charge is 0.306 e. The van der Waals surface area contributed by atoms with Crippen LogP contribution in [0.1, 0.15) is 18.1 Å². The van der Waals surface area contributed by atoms with E-state index in [9.17, 15) is 24.4 Å². The van der Waals surface area contributed by atoms with Gasteiger partial charge in [-0.1, -0.05) is 0 Å². The van der Waals surface area contributed by atoms with Crippen LogP contribution in [0.4, 0.5) is 10.1 Å². The molecule has 1 rings (SSSR count). The number of aliphatic carboxylic acids is 1. The summed E-state index contributed by atoms with van der Waals surface area (Å²) in [5.41, 5.74) is -0.794. The number of benzene rings is 1. The lowest BCUT2D eigenvalue weighted by molar-refractivity contribution is -0.385. The monoisotopic (exact) mass is 229 g/mol. The Balaban J connectivity index is 3.06. The second-order valence-corrected chi connectivity index (χ2v) is 3.08. The van der Waals surface area contributed by atoms with Crippen molar-refractivity contribution in [3.8, 4) is 0 Å². The SMILES string of the molecule is O=C(O)CC(O)c1cc([N+](=O)[O-])ccc1F. The van der Waals surface area contributed by atoms with Crippen LogP contribution in [0.15, 0.2) is 18.2 Å². The molecule has 1 atom stereocenters. The van der Waals surface area contributed by atoms with E-state index in [2.05, 4.69) is 0 Å². The highest BCUT2D eigenvalue weighted by Crippen LogP contribution is 2.24. The molecule has 1 aromatic rings. The van der Waals surface area contributed by atoms with Crippen LogP contribution in [0.5, 0.6) is 0 Å². The summed E-state index contributed by atoms with van der Waals surface area (Å²) in [4.78, 5) is 19.9. The van der Waals surface area contributed by atoms with Crippen molar-refractivity contribution in [3.05, 3.63) is 39.7 Å². The van der Waals surface area contributed by atoms with Crippen molar-refractivity contribution in [3.63, 3.8) is 0 Å². The van der Waals surface area contributed by atoms with Gasteiger partial charge in [0.05, 0.1) is 17.4 Å². The van der Waals surface area contributed by atoms with Crippen LogP contribution < -0.4 is 0 Å². The summed E-state index contributed by atoms with van der Waals surface area (Å²) in [7, 11) is 0. The average Bonchev–Trinajstić information content (AvgIpc) is 2.16. The first-order valence-corrected chi connectivity index (χ1v) is 4.25. The normalized spacial score (nSPS) is 12.1. The predicted octanol–water partition coefficient (Wildman–Crippen LogP) is 1.24. The van der Waals surface area contributed by atoms with Gasteiger partial charge >= 0.3 is 5.97 Å². The van der Waals surface area contributed by atoms with Crippen LogP contribution in [0, 0.1) is 15.9 Å². The Morgan fingerprint density at radius 2 is 2.19 bits per heavy atom. The minimum Gasteiger partial charge on any atom is -0.481 e. The van der Waals surface area contributed by atoms with Crippen LogP contribution in [0.25, 0.3) is 0 Å². The van der Waals surface area contributed by atoms with Crippen molar-refractivity contribution in [2.24, 2.45) is 0 Å². The Labute approximate surface area is 89.1 Å². The molecule has 0 radical (unpaired) electrons. The first kappa shape index (κ1) is 12.1. The molecule has 0 saturated heterocycles. The van der Waals surface area contributed by atoms with E-state index in [-0.39, 0.29) is 0 Å². The molecule has 0 spiro atoms. The average molecular weight is 229 g/mol. The van der Waals surface area contributed by atoms with Crippen LogP contribution in [0.2, 0.25) is 0 Å². The van der Waals surface area contributed by atoms with E-state index in [1.54, 1.807) is 0 Å². The quantitative estimate of drug-likeness (QED) is 0.597. The maximum Gasteiger partial charge on any atom is 0.306 e. The van der Waals surface area contributed by atoms with Gasteiger partial charge in [-0.15, -0.1) is 0 Å². The highest BCUT2D eigenvalue weighted by molar-refractivity contribution is 5.67. The minimum atomic E-state index is -1.60. The molecule has 1 unspecified atom stereocenters. The summed E-state index contributed by atoms with van der Waals surface area (Å²) in [6.07, 6.45) is -2.31. The fourth-order valence-electron chi connectivity index (χ4n) is 1.18. The van der Waals surface area contributed by atoms with Gasteiger partial charge in [0.2, 0.25) is 0 Å². The van der Waals surface area contributed by atoms with Crippen molar-refractivity contribution in [2.45, 2.75) is 12.5 Å². The van der Waals surface area contributed by atoms with E-state index < -0.39 is 40.5 Å². The molecule has 0 saturated carbocycles. The van der Waals surface area contributed by atoms with E-state index in [1.165, 1.54) is 0 Å². The summed E-state index contributed by atoms with van der Waals surface area (Å²) < 4.78 is 13.2. The minimum absolute atomic E-state index is 0.392. The number of aliphatic hydroxyl groups excluding tert-OH is 1. The molecular formula is C9H8FNO5. The zero-order chi connectivity index (χ0) is 12.3. The Kier molecular flexibility index (Phi) is 3.51. The number of aliphatic hydroxyl groups is 1. The molecule has 86 valence electrons. The number of nitro benzene ring substituents is 1. The van der Waals surface area contributed by atoms with Gasteiger partial charge in [-0.3, -0.25) is 14.9 Å². The molecule has 0 aromatic heterocycles. The lowest BCUT2D eigenvalue weighted by Crippen LogP contribution is -2.07. The summed E-state index contributed by atoms with van der Waals surface area (Å²) in [6.45, 7) is 0. The van der Waals surface area contributed by atoms with E-state index in [4.69, 9.17) is 5.11 Å². The van der Waals surface area contributed by atoms with Crippen LogP contribution >= 0.6 is 0 Å². The van der Waals surface area contributed by atoms with Gasteiger partial charge in [0.15, 0.2) is 0 Å². The molecule has 2 N–H and O–H groups in total. The van der Waals surface area contributed by atoms with Crippen LogP contribution in [-0.4, -0.2) is 21.1 Å². The molecule has 0 heterocycles. The molecule has 0 aliphatic carbocycles. The molecule has 0 aliphatic rings. The zero-order valence-electron chi connectivity index (χ0n) is 7.96. The van der Waals surface area contributed by atoms with Crippen molar-refractivity contribution in [1.82, 2.24) is 0 Å². The van der Waals surface area contributed by atoms with Crippen molar-refractivity contribution in [2.75, 3.05) is 0 Å². The molecule has 7 heteroatoms. The molecule has 6 nitrogen and oxygen atoms in total. The summed E-state index contributed by atoms with van der Waals surface area (Å²) in [6, 6.07) is 2.58. The van der Waals surface area contributed by atoms with Crippen LogP contribution in [0.3, 0.4) is 0 Å². The van der Waals surface area contributed by atoms with E-state index in [0.29, 0.717) is 0 Å². The first-order chi connectivity index (χ1) is 7.41. The first-order valence-electron chi connectivity index (χ1n) is 4.25. The number of nitrogens with zero attached hydrogens (tertiary/aromatic N) is 1. The third kappa shape index (κ3) is 2.74. The lowest BCUT2D eigenvalue weighted by atomic mass is 10.1. The Morgan fingerprint density at radius 3 is 2.69 bits per heavy atom. The molecule has 1 aromatic carbocycles. The number of rotatable bonds is 4. The number of hydrogen-bond donors (Lipinski definition) is 2. The second kappa shape index (κ2) is 4.67. The molecule has 16 heavy (non-hydrogen) atoms. The van der Waals surface area contributed by atoms with Crippen molar-refractivity contribution in [1.29, 1.82) is 0 Å². The lowest BCUT2D eigenvalue weighted by Gasteiger charge is -2.08. The third-order valence-electron chi connectivity index (χ3n) is 1.92. The van der Waals surface area contributed by atoms with Gasteiger partial charge in [0, 0.05) is 17.7 Å². The maximum absolute atomic E-state index is 13.2. The van der Waals surface area contributed by atoms with Crippen molar-refractivity contribution >= 4 is 11.7 Å². The topological polar surface area (TPSA) is 101 Å². The van der Waals surface area contributed by atoms with Crippen molar-refractivity contribution < 1.29 is 24.3 Å². The number of carboxylic acid groups (broad SMARTS) is 1. The predicted molar refractivity (Wildman–Crippen MR) is 50.3 cm³/mol. The number of halogens is 1.